The third kappa shape index (κ3) is 5.03. The highest BCUT2D eigenvalue weighted by Gasteiger charge is 2.33. The number of anilines is 1. The Balaban J connectivity index is 1.47. The summed E-state index contributed by atoms with van der Waals surface area (Å²) in [7, 11) is 0. The fourth-order valence-electron chi connectivity index (χ4n) is 4.41. The van der Waals surface area contributed by atoms with E-state index in [0.29, 0.717) is 41.7 Å². The Morgan fingerprint density at radius 1 is 1.14 bits per heavy atom. The number of fused-ring (bicyclic) bond motifs is 1. The minimum atomic E-state index is -4.43. The van der Waals surface area contributed by atoms with E-state index in [1.165, 1.54) is 0 Å². The van der Waals surface area contributed by atoms with Crippen molar-refractivity contribution in [3.63, 3.8) is 0 Å². The molecule has 7 nitrogen and oxygen atoms in total. The Morgan fingerprint density at radius 3 is 2.60 bits per heavy atom. The average Bonchev–Trinajstić information content (AvgIpc) is 3.53. The third-order valence-electron chi connectivity index (χ3n) is 6.69. The Hall–Kier alpha value is -3.01. The molecule has 1 aliphatic carbocycles. The molecule has 0 radical (unpaired) electrons. The second-order valence-corrected chi connectivity index (χ2v) is 9.62. The normalized spacial score (nSPS) is 21.0. The first-order chi connectivity index (χ1) is 16.6. The molecule has 3 aromatic rings. The highest BCUT2D eigenvalue weighted by molar-refractivity contribution is 5.80. The van der Waals surface area contributed by atoms with Gasteiger partial charge < -0.3 is 9.64 Å². The molecule has 186 valence electrons. The van der Waals surface area contributed by atoms with Gasteiger partial charge in [0, 0.05) is 29.9 Å². The van der Waals surface area contributed by atoms with Crippen LogP contribution in [0.3, 0.4) is 0 Å². The summed E-state index contributed by atoms with van der Waals surface area (Å²) in [5.74, 6) is 0.664. The lowest BCUT2D eigenvalue weighted by atomic mass is 10.1. The van der Waals surface area contributed by atoms with Crippen molar-refractivity contribution in [2.24, 2.45) is 0 Å². The van der Waals surface area contributed by atoms with Crippen molar-refractivity contribution in [1.29, 1.82) is 0 Å². The Kier molecular flexibility index (Phi) is 6.03. The van der Waals surface area contributed by atoms with Crippen molar-refractivity contribution in [3.05, 3.63) is 53.3 Å². The van der Waals surface area contributed by atoms with Gasteiger partial charge in [-0.1, -0.05) is 6.58 Å². The van der Waals surface area contributed by atoms with Crippen LogP contribution in [-0.4, -0.2) is 50.1 Å². The smallest absolute Gasteiger partial charge is 0.367 e. The van der Waals surface area contributed by atoms with E-state index in [0.717, 1.165) is 29.8 Å². The van der Waals surface area contributed by atoms with Gasteiger partial charge in [-0.3, -0.25) is 4.68 Å². The van der Waals surface area contributed by atoms with Gasteiger partial charge in [0.05, 0.1) is 47.5 Å². The molecule has 1 saturated carbocycles. The van der Waals surface area contributed by atoms with Crippen LogP contribution in [0.25, 0.3) is 11.0 Å². The summed E-state index contributed by atoms with van der Waals surface area (Å²) >= 11 is 0. The molecule has 0 aromatic carbocycles. The molecule has 0 N–H and O–H groups in total. The predicted molar refractivity (Wildman–Crippen MR) is 126 cm³/mol. The van der Waals surface area contributed by atoms with Crippen molar-refractivity contribution < 1.29 is 17.9 Å². The number of hydrogen-bond acceptors (Lipinski definition) is 6. The summed E-state index contributed by atoms with van der Waals surface area (Å²) in [6.07, 6.45) is 1.39. The molecule has 0 spiro atoms. The second-order valence-electron chi connectivity index (χ2n) is 9.62. The predicted octanol–water partition coefficient (Wildman–Crippen LogP) is 5.19. The number of aryl methyl sites for hydroxylation is 3. The number of ether oxygens (including phenoxy) is 1. The molecule has 2 fully saturated rings. The van der Waals surface area contributed by atoms with Crippen LogP contribution in [0.2, 0.25) is 0 Å². The summed E-state index contributed by atoms with van der Waals surface area (Å²) in [6.45, 7) is 10.1. The first-order valence-electron chi connectivity index (χ1n) is 11.9. The van der Waals surface area contributed by atoms with Gasteiger partial charge in [-0.2, -0.15) is 18.3 Å². The first kappa shape index (κ1) is 23.7. The largest absolute Gasteiger partial charge is 0.412 e. The second kappa shape index (κ2) is 8.89. The zero-order chi connectivity index (χ0) is 24.9. The fraction of sp³-hybridized carbons (Fsp3) is 0.520. The number of halogens is 3. The molecule has 0 unspecified atom stereocenters. The number of aromatic nitrogens is 5. The van der Waals surface area contributed by atoms with E-state index in [1.54, 1.807) is 0 Å². The van der Waals surface area contributed by atoms with E-state index in [9.17, 15) is 13.2 Å². The third-order valence-corrected chi connectivity index (χ3v) is 6.69. The van der Waals surface area contributed by atoms with Crippen molar-refractivity contribution in [2.75, 3.05) is 18.0 Å². The summed E-state index contributed by atoms with van der Waals surface area (Å²) < 4.78 is 47.5. The number of nitrogens with zero attached hydrogens (tertiary/aromatic N) is 6. The van der Waals surface area contributed by atoms with Crippen LogP contribution in [0.15, 0.2) is 30.6 Å². The highest BCUT2D eigenvalue weighted by atomic mass is 19.4. The summed E-state index contributed by atoms with van der Waals surface area (Å²) in [5.41, 5.74) is 3.41. The number of alkyl halides is 3. The van der Waals surface area contributed by atoms with E-state index < -0.39 is 11.7 Å². The lowest BCUT2D eigenvalue weighted by Crippen LogP contribution is -2.43. The van der Waals surface area contributed by atoms with E-state index in [-0.39, 0.29) is 25.0 Å². The molecular weight excluding hydrogens is 457 g/mol. The van der Waals surface area contributed by atoms with Crippen molar-refractivity contribution in [1.82, 2.24) is 24.7 Å². The van der Waals surface area contributed by atoms with Crippen molar-refractivity contribution in [2.45, 2.75) is 70.9 Å². The van der Waals surface area contributed by atoms with Crippen LogP contribution in [0.4, 0.5) is 19.0 Å². The van der Waals surface area contributed by atoms with Crippen LogP contribution in [0.1, 0.15) is 61.0 Å². The molecule has 3 aromatic heterocycles. The zero-order valence-corrected chi connectivity index (χ0v) is 20.1. The topological polar surface area (TPSA) is 69.0 Å². The molecule has 4 heterocycles. The van der Waals surface area contributed by atoms with Crippen molar-refractivity contribution in [3.8, 4) is 0 Å². The van der Waals surface area contributed by atoms with Gasteiger partial charge in [0.15, 0.2) is 0 Å². The maximum absolute atomic E-state index is 13.1. The van der Waals surface area contributed by atoms with Gasteiger partial charge >= 0.3 is 6.18 Å². The van der Waals surface area contributed by atoms with Crippen LogP contribution >= 0.6 is 0 Å². The zero-order valence-electron chi connectivity index (χ0n) is 20.1. The lowest BCUT2D eigenvalue weighted by Gasteiger charge is -2.37. The molecule has 0 amide bonds. The number of allylic oxidation sites excluding steroid dienone is 1. The number of rotatable bonds is 6. The Morgan fingerprint density at radius 2 is 1.89 bits per heavy atom. The molecule has 2 atom stereocenters. The SMILES string of the molecule is C=C(CCc1nc(N2C[C@@H](C)O[C@@H](c3cnn(C4CC4)c3)C2)cc2nc(C)c(C)nc12)C(F)(F)F. The van der Waals surface area contributed by atoms with Crippen LogP contribution in [0, 0.1) is 13.8 Å². The quantitative estimate of drug-likeness (QED) is 0.447. The maximum Gasteiger partial charge on any atom is 0.412 e. The van der Waals surface area contributed by atoms with E-state index in [4.69, 9.17) is 9.72 Å². The number of morpholine rings is 1. The first-order valence-corrected chi connectivity index (χ1v) is 11.9. The Labute approximate surface area is 202 Å². The van der Waals surface area contributed by atoms with Gasteiger partial charge in [-0.15, -0.1) is 0 Å². The molecule has 1 aliphatic heterocycles. The molecule has 10 heteroatoms. The number of pyridine rings is 1. The number of hydrogen-bond donors (Lipinski definition) is 0. The van der Waals surface area contributed by atoms with Gasteiger partial charge in [0.25, 0.3) is 0 Å². The van der Waals surface area contributed by atoms with Gasteiger partial charge in [0.1, 0.15) is 17.4 Å². The molecule has 5 rings (SSSR count). The summed E-state index contributed by atoms with van der Waals surface area (Å²) in [5, 5.41) is 4.49. The van der Waals surface area contributed by atoms with Gasteiger partial charge in [-0.25, -0.2) is 15.0 Å². The molecule has 35 heavy (non-hydrogen) atoms. The van der Waals surface area contributed by atoms with Crippen LogP contribution in [0.5, 0.6) is 0 Å². The minimum absolute atomic E-state index is 0.0604. The van der Waals surface area contributed by atoms with E-state index in [1.807, 2.05) is 37.7 Å². The van der Waals surface area contributed by atoms with Crippen molar-refractivity contribution >= 4 is 16.9 Å². The maximum atomic E-state index is 13.1. The minimum Gasteiger partial charge on any atom is -0.367 e. The molecule has 2 aliphatic rings. The van der Waals surface area contributed by atoms with Crippen LogP contribution < -0.4 is 4.90 Å². The van der Waals surface area contributed by atoms with Gasteiger partial charge in [0.2, 0.25) is 0 Å². The monoisotopic (exact) mass is 486 g/mol. The summed E-state index contributed by atoms with van der Waals surface area (Å²) in [4.78, 5) is 16.2. The molecule has 0 bridgehead atoms. The molecular formula is C25H29F3N6O. The molecule has 1 saturated heterocycles. The summed E-state index contributed by atoms with van der Waals surface area (Å²) in [6, 6.07) is 2.36. The fourth-order valence-corrected chi connectivity index (χ4v) is 4.41. The van der Waals surface area contributed by atoms with E-state index in [2.05, 4.69) is 32.7 Å². The van der Waals surface area contributed by atoms with Crippen LogP contribution in [-0.2, 0) is 11.2 Å². The highest BCUT2D eigenvalue weighted by Crippen LogP contribution is 2.36. The van der Waals surface area contributed by atoms with Gasteiger partial charge in [-0.05, 0) is 46.5 Å². The van der Waals surface area contributed by atoms with E-state index >= 15 is 0 Å². The average molecular weight is 487 g/mol. The standard InChI is InChI=1S/C25H29F3N6O/c1-14(25(26,27)28)5-8-20-24-21(30-16(3)17(4)31-24)9-23(32-20)33-11-15(2)35-22(13-33)18-10-29-34(12-18)19-6-7-19/h9-10,12,15,19,22H,1,5-8,11,13H2,2-4H3/t15-,22-/m1/s1. The lowest BCUT2D eigenvalue weighted by molar-refractivity contribution is -0.0935. The Bertz CT molecular complexity index is 1270.